The fourth-order valence-electron chi connectivity index (χ4n) is 3.92. The Balaban J connectivity index is 1.29. The highest BCUT2D eigenvalue weighted by molar-refractivity contribution is 8.00. The first-order chi connectivity index (χ1) is 19.9. The number of rotatable bonds is 9. The third-order valence-corrected chi connectivity index (χ3v) is 8.57. The van der Waals surface area contributed by atoms with Gasteiger partial charge in [0.25, 0.3) is 5.91 Å². The van der Waals surface area contributed by atoms with Crippen molar-refractivity contribution in [1.29, 1.82) is 0 Å². The van der Waals surface area contributed by atoms with Crippen LogP contribution in [0.15, 0.2) is 107 Å². The van der Waals surface area contributed by atoms with E-state index < -0.39 is 5.25 Å². The highest BCUT2D eigenvalue weighted by Gasteiger charge is 2.23. The molecule has 0 saturated heterocycles. The molecule has 0 aliphatic rings. The van der Waals surface area contributed by atoms with Crippen LogP contribution in [0.2, 0.25) is 10.0 Å². The van der Waals surface area contributed by atoms with E-state index in [-0.39, 0.29) is 16.8 Å². The summed E-state index contributed by atoms with van der Waals surface area (Å²) < 4.78 is 5.23. The highest BCUT2D eigenvalue weighted by Crippen LogP contribution is 2.37. The Bertz CT molecular complexity index is 1660. The molecular weight excluding hydrogens is 597 g/mol. The van der Waals surface area contributed by atoms with Crippen LogP contribution in [-0.2, 0) is 4.79 Å². The summed E-state index contributed by atoms with van der Waals surface area (Å²) in [6, 6.07) is 29.2. The second kappa shape index (κ2) is 13.2. The van der Waals surface area contributed by atoms with Crippen molar-refractivity contribution in [2.75, 3.05) is 17.7 Å². The first-order valence-electron chi connectivity index (χ1n) is 12.4. The predicted octanol–water partition coefficient (Wildman–Crippen LogP) is 8.85. The van der Waals surface area contributed by atoms with Crippen LogP contribution in [0.3, 0.4) is 0 Å². The zero-order valence-electron chi connectivity index (χ0n) is 21.6. The number of benzene rings is 4. The van der Waals surface area contributed by atoms with E-state index in [0.29, 0.717) is 21.4 Å². The van der Waals surface area contributed by atoms with Crippen LogP contribution >= 0.6 is 46.3 Å². The highest BCUT2D eigenvalue weighted by atomic mass is 35.5. The monoisotopic (exact) mass is 619 g/mol. The maximum absolute atomic E-state index is 13.5. The average molecular weight is 621 g/mol. The predicted molar refractivity (Wildman–Crippen MR) is 169 cm³/mol. The maximum atomic E-state index is 13.5. The number of nitrogens with one attached hydrogen (secondary N) is 2. The number of nitrogens with zero attached hydrogens (tertiary/aromatic N) is 1. The molecule has 0 aliphatic carbocycles. The molecule has 2 N–H and O–H groups in total. The molecule has 5 rings (SSSR count). The van der Waals surface area contributed by atoms with E-state index in [1.807, 2.05) is 72.1 Å². The lowest BCUT2D eigenvalue weighted by Crippen LogP contribution is -2.19. The van der Waals surface area contributed by atoms with Crippen LogP contribution in [0.25, 0.3) is 11.3 Å². The number of amides is 2. The molecule has 0 bridgehead atoms. The van der Waals surface area contributed by atoms with Gasteiger partial charge in [-0.15, -0.1) is 23.1 Å². The summed E-state index contributed by atoms with van der Waals surface area (Å²) >= 11 is 14.9. The third kappa shape index (κ3) is 7.28. The lowest BCUT2D eigenvalue weighted by atomic mass is 10.1. The summed E-state index contributed by atoms with van der Waals surface area (Å²) in [4.78, 5) is 31.7. The molecule has 0 fully saturated rings. The molecule has 0 aliphatic heterocycles. The zero-order valence-corrected chi connectivity index (χ0v) is 24.8. The molecule has 1 heterocycles. The Morgan fingerprint density at radius 2 is 1.63 bits per heavy atom. The van der Waals surface area contributed by atoms with Gasteiger partial charge in [-0.05, 0) is 72.3 Å². The van der Waals surface area contributed by atoms with Crippen molar-refractivity contribution < 1.29 is 14.3 Å². The lowest BCUT2D eigenvalue weighted by molar-refractivity contribution is -0.115. The minimum atomic E-state index is -0.530. The number of hydrogen-bond donors (Lipinski definition) is 2. The fourth-order valence-corrected chi connectivity index (χ4v) is 6.16. The minimum Gasteiger partial charge on any atom is -0.497 e. The average Bonchev–Trinajstić information content (AvgIpc) is 3.45. The molecule has 206 valence electrons. The van der Waals surface area contributed by atoms with E-state index in [9.17, 15) is 9.59 Å². The lowest BCUT2D eigenvalue weighted by Gasteiger charge is -2.16. The SMILES string of the molecule is COc1ccc(-c2csc(NC(=O)C(Sc3ccc(NC(=O)c4ccc(Cl)cc4Cl)cc3)c3ccccc3)n2)cc1. The number of hydrogen-bond acceptors (Lipinski definition) is 6. The van der Waals surface area contributed by atoms with E-state index in [1.54, 1.807) is 31.4 Å². The van der Waals surface area contributed by atoms with E-state index >= 15 is 0 Å². The topological polar surface area (TPSA) is 80.3 Å². The molecule has 1 aromatic heterocycles. The summed E-state index contributed by atoms with van der Waals surface area (Å²) in [6.07, 6.45) is 0. The van der Waals surface area contributed by atoms with Gasteiger partial charge in [-0.2, -0.15) is 0 Å². The van der Waals surface area contributed by atoms with Gasteiger partial charge in [0.1, 0.15) is 11.0 Å². The zero-order chi connectivity index (χ0) is 28.8. The van der Waals surface area contributed by atoms with Crippen molar-refractivity contribution >= 4 is 68.9 Å². The van der Waals surface area contributed by atoms with E-state index in [4.69, 9.17) is 27.9 Å². The molecular formula is C31H23Cl2N3O3S2. The van der Waals surface area contributed by atoms with Crippen LogP contribution in [0.4, 0.5) is 10.8 Å². The quantitative estimate of drug-likeness (QED) is 0.161. The number of thioether (sulfide) groups is 1. The van der Waals surface area contributed by atoms with Crippen LogP contribution < -0.4 is 15.4 Å². The van der Waals surface area contributed by atoms with Gasteiger partial charge in [-0.1, -0.05) is 53.5 Å². The van der Waals surface area contributed by atoms with Crippen molar-refractivity contribution in [3.63, 3.8) is 0 Å². The number of ether oxygens (including phenoxy) is 1. The van der Waals surface area contributed by atoms with Crippen LogP contribution in [0, 0.1) is 0 Å². The van der Waals surface area contributed by atoms with Gasteiger partial charge >= 0.3 is 0 Å². The third-order valence-electron chi connectivity index (χ3n) is 6.00. The van der Waals surface area contributed by atoms with Gasteiger partial charge in [-0.25, -0.2) is 4.98 Å². The molecule has 5 aromatic rings. The number of thiazole rings is 1. The van der Waals surface area contributed by atoms with Crippen molar-refractivity contribution in [2.24, 2.45) is 0 Å². The van der Waals surface area contributed by atoms with E-state index in [2.05, 4.69) is 15.6 Å². The Labute approximate surface area is 255 Å². The number of halogens is 2. The van der Waals surface area contributed by atoms with Crippen LogP contribution in [0.1, 0.15) is 21.2 Å². The molecule has 1 unspecified atom stereocenters. The minimum absolute atomic E-state index is 0.188. The molecule has 2 amide bonds. The molecule has 0 radical (unpaired) electrons. The van der Waals surface area contributed by atoms with Crippen molar-refractivity contribution in [3.8, 4) is 17.0 Å². The smallest absolute Gasteiger partial charge is 0.257 e. The number of aromatic nitrogens is 1. The summed E-state index contributed by atoms with van der Waals surface area (Å²) in [5, 5.41) is 8.45. The Hall–Kier alpha value is -3.82. The summed E-state index contributed by atoms with van der Waals surface area (Å²) in [7, 11) is 1.62. The largest absolute Gasteiger partial charge is 0.497 e. The van der Waals surface area contributed by atoms with E-state index in [0.717, 1.165) is 27.5 Å². The Morgan fingerprint density at radius 3 is 2.32 bits per heavy atom. The summed E-state index contributed by atoms with van der Waals surface area (Å²) in [5.74, 6) is 0.235. The summed E-state index contributed by atoms with van der Waals surface area (Å²) in [6.45, 7) is 0. The number of methoxy groups -OCH3 is 1. The standard InChI is InChI=1S/C31H23Cl2N3O3S2/c1-39-23-12-7-19(8-13-23)27-18-40-31(35-27)36-30(38)28(20-5-3-2-4-6-20)41-24-14-10-22(11-15-24)34-29(37)25-16-9-21(32)17-26(25)33/h2-18,28H,1H3,(H,34,37)(H,35,36,38). The molecule has 0 saturated carbocycles. The van der Waals surface area contributed by atoms with Gasteiger partial charge < -0.3 is 15.4 Å². The number of anilines is 2. The second-order valence-electron chi connectivity index (χ2n) is 8.77. The van der Waals surface area contributed by atoms with E-state index in [1.165, 1.54) is 29.2 Å². The fraction of sp³-hybridized carbons (Fsp3) is 0.0645. The van der Waals surface area contributed by atoms with Crippen molar-refractivity contribution in [1.82, 2.24) is 4.98 Å². The van der Waals surface area contributed by atoms with Gasteiger partial charge in [0.05, 0.1) is 23.4 Å². The first kappa shape index (κ1) is 28.7. The van der Waals surface area contributed by atoms with Gasteiger partial charge in [0.15, 0.2) is 5.13 Å². The van der Waals surface area contributed by atoms with Crippen molar-refractivity contribution in [3.05, 3.63) is 124 Å². The molecule has 6 nitrogen and oxygen atoms in total. The molecule has 0 spiro atoms. The Kier molecular flexibility index (Phi) is 9.26. The number of carbonyl (C=O) groups is 2. The maximum Gasteiger partial charge on any atom is 0.257 e. The Morgan fingerprint density at radius 1 is 0.902 bits per heavy atom. The van der Waals surface area contributed by atoms with Gasteiger partial charge in [-0.3, -0.25) is 9.59 Å². The molecule has 4 aromatic carbocycles. The van der Waals surface area contributed by atoms with Crippen molar-refractivity contribution in [2.45, 2.75) is 10.1 Å². The van der Waals surface area contributed by atoms with Crippen LogP contribution in [-0.4, -0.2) is 23.9 Å². The normalized spacial score (nSPS) is 11.5. The van der Waals surface area contributed by atoms with Gasteiger partial charge in [0.2, 0.25) is 5.91 Å². The molecule has 10 heteroatoms. The first-order valence-corrected chi connectivity index (χ1v) is 14.9. The molecule has 1 atom stereocenters. The molecule has 41 heavy (non-hydrogen) atoms. The number of carbonyl (C=O) groups excluding carboxylic acids is 2. The van der Waals surface area contributed by atoms with Crippen LogP contribution in [0.5, 0.6) is 5.75 Å². The van der Waals surface area contributed by atoms with Gasteiger partial charge in [0, 0.05) is 26.5 Å². The second-order valence-corrected chi connectivity index (χ2v) is 11.6. The summed E-state index contributed by atoms with van der Waals surface area (Å²) in [5.41, 5.74) is 3.49.